The van der Waals surface area contributed by atoms with E-state index in [-0.39, 0.29) is 5.91 Å². The number of carbonyl (C=O) groups excluding carboxylic acids is 1. The van der Waals surface area contributed by atoms with Crippen LogP contribution in [0.4, 0.5) is 0 Å². The number of hydrogen-bond donors (Lipinski definition) is 1. The Morgan fingerprint density at radius 2 is 2.06 bits per heavy atom. The molecular formula is C13H14N2O2. The number of hydrogen-bond acceptors (Lipinski definition) is 3. The third-order valence-corrected chi connectivity index (χ3v) is 2.31. The van der Waals surface area contributed by atoms with Crippen molar-refractivity contribution in [1.82, 2.24) is 5.32 Å². The van der Waals surface area contributed by atoms with Gasteiger partial charge in [0.25, 0.3) is 5.91 Å². The summed E-state index contributed by atoms with van der Waals surface area (Å²) >= 11 is 0. The molecule has 1 aliphatic heterocycles. The Bertz CT molecular complexity index is 487. The summed E-state index contributed by atoms with van der Waals surface area (Å²) in [4.78, 5) is 15.5. The molecule has 1 heterocycles. The van der Waals surface area contributed by atoms with Crippen LogP contribution in [0.5, 0.6) is 5.75 Å². The largest absolute Gasteiger partial charge is 0.494 e. The third-order valence-electron chi connectivity index (χ3n) is 2.31. The lowest BCUT2D eigenvalue weighted by Gasteiger charge is -2.02. The van der Waals surface area contributed by atoms with Crippen molar-refractivity contribution in [1.29, 1.82) is 0 Å². The van der Waals surface area contributed by atoms with Crippen molar-refractivity contribution < 1.29 is 9.53 Å². The minimum Gasteiger partial charge on any atom is -0.494 e. The van der Waals surface area contributed by atoms with E-state index in [1.54, 1.807) is 13.0 Å². The van der Waals surface area contributed by atoms with Crippen molar-refractivity contribution in [2.24, 2.45) is 4.99 Å². The zero-order chi connectivity index (χ0) is 12.3. The van der Waals surface area contributed by atoms with Gasteiger partial charge in [0.15, 0.2) is 0 Å². The average Bonchev–Trinajstić information content (AvgIpc) is 2.61. The summed E-state index contributed by atoms with van der Waals surface area (Å²) in [6.07, 6.45) is 1.75. The highest BCUT2D eigenvalue weighted by atomic mass is 16.5. The van der Waals surface area contributed by atoms with Crippen molar-refractivity contribution in [2.45, 2.75) is 13.8 Å². The molecule has 0 atom stereocenters. The number of amidine groups is 1. The van der Waals surface area contributed by atoms with Gasteiger partial charge in [-0.05, 0) is 37.6 Å². The minimum absolute atomic E-state index is 0.156. The van der Waals surface area contributed by atoms with E-state index < -0.39 is 0 Å². The van der Waals surface area contributed by atoms with Gasteiger partial charge in [-0.1, -0.05) is 12.1 Å². The molecule has 1 aromatic rings. The van der Waals surface area contributed by atoms with Crippen molar-refractivity contribution in [2.75, 3.05) is 6.61 Å². The van der Waals surface area contributed by atoms with Crippen molar-refractivity contribution in [3.05, 3.63) is 35.5 Å². The molecule has 1 amide bonds. The maximum absolute atomic E-state index is 11.4. The van der Waals surface area contributed by atoms with E-state index in [1.807, 2.05) is 31.2 Å². The van der Waals surface area contributed by atoms with Gasteiger partial charge < -0.3 is 10.1 Å². The topological polar surface area (TPSA) is 50.7 Å². The molecule has 0 spiro atoms. The number of nitrogens with one attached hydrogen (secondary N) is 1. The molecule has 17 heavy (non-hydrogen) atoms. The first kappa shape index (κ1) is 11.4. The normalized spacial score (nSPS) is 16.9. The third kappa shape index (κ3) is 2.72. The number of rotatable bonds is 3. The molecule has 1 aliphatic rings. The van der Waals surface area contributed by atoms with E-state index in [0.717, 1.165) is 11.3 Å². The van der Waals surface area contributed by atoms with Crippen LogP contribution < -0.4 is 10.1 Å². The zero-order valence-corrected chi connectivity index (χ0v) is 9.86. The van der Waals surface area contributed by atoms with Gasteiger partial charge in [-0.25, -0.2) is 4.99 Å². The first-order valence-corrected chi connectivity index (χ1v) is 5.50. The lowest BCUT2D eigenvalue weighted by atomic mass is 10.2. The highest BCUT2D eigenvalue weighted by Gasteiger charge is 2.16. The number of nitrogens with zero attached hydrogens (tertiary/aromatic N) is 1. The zero-order valence-electron chi connectivity index (χ0n) is 9.86. The second kappa shape index (κ2) is 4.82. The van der Waals surface area contributed by atoms with Crippen LogP contribution in [0.1, 0.15) is 19.4 Å². The van der Waals surface area contributed by atoms with Crippen LogP contribution >= 0.6 is 0 Å². The molecule has 0 fully saturated rings. The lowest BCUT2D eigenvalue weighted by molar-refractivity contribution is -0.115. The summed E-state index contributed by atoms with van der Waals surface area (Å²) in [5, 5.41) is 2.64. The first-order chi connectivity index (χ1) is 8.19. The Labute approximate surface area is 100 Å². The molecule has 1 aromatic carbocycles. The Balaban J connectivity index is 2.19. The molecule has 0 saturated heterocycles. The number of ether oxygens (including phenoxy) is 1. The van der Waals surface area contributed by atoms with Gasteiger partial charge in [0.05, 0.1) is 6.61 Å². The van der Waals surface area contributed by atoms with E-state index in [1.165, 1.54) is 0 Å². The molecule has 0 aromatic heterocycles. The van der Waals surface area contributed by atoms with Crippen LogP contribution in [0.25, 0.3) is 6.08 Å². The fourth-order valence-electron chi connectivity index (χ4n) is 1.57. The van der Waals surface area contributed by atoms with Gasteiger partial charge in [0.2, 0.25) is 0 Å². The molecule has 0 radical (unpaired) electrons. The maximum atomic E-state index is 11.4. The van der Waals surface area contributed by atoms with Gasteiger partial charge in [-0.3, -0.25) is 4.79 Å². The summed E-state index contributed by atoms with van der Waals surface area (Å²) in [5.74, 6) is 1.30. The highest BCUT2D eigenvalue weighted by molar-refractivity contribution is 6.13. The molecular weight excluding hydrogens is 216 g/mol. The number of carbonyl (C=O) groups is 1. The van der Waals surface area contributed by atoms with Gasteiger partial charge in [-0.2, -0.15) is 0 Å². The van der Waals surface area contributed by atoms with E-state index in [2.05, 4.69) is 10.3 Å². The standard InChI is InChI=1S/C13H14N2O2/c1-3-17-11-6-4-10(5-7-11)8-12-13(16)15-9(2)14-12/h4-8H,3H2,1-2H3,(H,14,15,16)/b12-8+. The van der Waals surface area contributed by atoms with Crippen LogP contribution in [0.2, 0.25) is 0 Å². The summed E-state index contributed by atoms with van der Waals surface area (Å²) < 4.78 is 5.34. The predicted octanol–water partition coefficient (Wildman–Crippen LogP) is 1.97. The summed E-state index contributed by atoms with van der Waals surface area (Å²) in [5.41, 5.74) is 1.36. The summed E-state index contributed by atoms with van der Waals surface area (Å²) in [6, 6.07) is 7.54. The molecule has 0 aliphatic carbocycles. The highest BCUT2D eigenvalue weighted by Crippen LogP contribution is 2.16. The van der Waals surface area contributed by atoms with Crippen molar-refractivity contribution >= 4 is 17.8 Å². The van der Waals surface area contributed by atoms with Crippen LogP contribution in [0.15, 0.2) is 35.0 Å². The Kier molecular flexibility index (Phi) is 3.23. The van der Waals surface area contributed by atoms with Gasteiger partial charge in [0.1, 0.15) is 17.3 Å². The van der Waals surface area contributed by atoms with E-state index >= 15 is 0 Å². The molecule has 1 N–H and O–H groups in total. The molecule has 0 saturated carbocycles. The fraction of sp³-hybridized carbons (Fsp3) is 0.231. The second-order valence-corrected chi connectivity index (χ2v) is 3.68. The lowest BCUT2D eigenvalue weighted by Crippen LogP contribution is -2.21. The monoisotopic (exact) mass is 230 g/mol. The predicted molar refractivity (Wildman–Crippen MR) is 66.8 cm³/mol. The molecule has 2 rings (SSSR count). The quantitative estimate of drug-likeness (QED) is 0.807. The van der Waals surface area contributed by atoms with Crippen LogP contribution in [0.3, 0.4) is 0 Å². The molecule has 88 valence electrons. The number of amides is 1. The smallest absolute Gasteiger partial charge is 0.275 e. The molecule has 4 nitrogen and oxygen atoms in total. The van der Waals surface area contributed by atoms with Crippen LogP contribution in [-0.4, -0.2) is 18.3 Å². The second-order valence-electron chi connectivity index (χ2n) is 3.68. The van der Waals surface area contributed by atoms with E-state index in [9.17, 15) is 4.79 Å². The Morgan fingerprint density at radius 1 is 1.35 bits per heavy atom. The Hall–Kier alpha value is -2.10. The van der Waals surface area contributed by atoms with Crippen molar-refractivity contribution in [3.8, 4) is 5.75 Å². The molecule has 0 unspecified atom stereocenters. The van der Waals surface area contributed by atoms with Gasteiger partial charge in [0, 0.05) is 0 Å². The van der Waals surface area contributed by atoms with Crippen LogP contribution in [0, 0.1) is 0 Å². The van der Waals surface area contributed by atoms with Crippen LogP contribution in [-0.2, 0) is 4.79 Å². The number of benzene rings is 1. The average molecular weight is 230 g/mol. The summed E-state index contributed by atoms with van der Waals surface area (Å²) in [6.45, 7) is 4.35. The van der Waals surface area contributed by atoms with Gasteiger partial charge in [-0.15, -0.1) is 0 Å². The van der Waals surface area contributed by atoms with E-state index in [0.29, 0.717) is 18.1 Å². The maximum Gasteiger partial charge on any atom is 0.275 e. The molecule has 4 heteroatoms. The van der Waals surface area contributed by atoms with Gasteiger partial charge >= 0.3 is 0 Å². The van der Waals surface area contributed by atoms with Crippen molar-refractivity contribution in [3.63, 3.8) is 0 Å². The minimum atomic E-state index is -0.156. The van der Waals surface area contributed by atoms with E-state index in [4.69, 9.17) is 4.74 Å². The fourth-order valence-corrected chi connectivity index (χ4v) is 1.57. The molecule has 0 bridgehead atoms. The summed E-state index contributed by atoms with van der Waals surface area (Å²) in [7, 11) is 0. The SMILES string of the molecule is CCOc1ccc(/C=C2/N=C(C)NC2=O)cc1. The first-order valence-electron chi connectivity index (χ1n) is 5.50. The number of aliphatic imine (C=N–C) groups is 1. The Morgan fingerprint density at radius 3 is 2.59 bits per heavy atom.